The molecule has 0 N–H and O–H groups in total. The van der Waals surface area contributed by atoms with Gasteiger partial charge in [0.05, 0.1) is 25.6 Å². The van der Waals surface area contributed by atoms with Crippen molar-refractivity contribution in [1.29, 1.82) is 0 Å². The van der Waals surface area contributed by atoms with Crippen LogP contribution in [0.4, 0.5) is 0 Å². The van der Waals surface area contributed by atoms with Gasteiger partial charge in [0.25, 0.3) is 0 Å². The molecule has 0 amide bonds. The van der Waals surface area contributed by atoms with E-state index in [1.807, 2.05) is 13.8 Å². The molecule has 2 rings (SSSR count). The monoisotopic (exact) mass is 200 g/mol. The molecule has 2 fully saturated rings. The number of carbonyl (C=O) groups excluding carboxylic acids is 2. The highest BCUT2D eigenvalue weighted by molar-refractivity contribution is 5.73. The molecule has 0 bridgehead atoms. The van der Waals surface area contributed by atoms with E-state index in [0.717, 1.165) is 6.42 Å². The van der Waals surface area contributed by atoms with E-state index in [1.165, 1.54) is 0 Å². The number of hydrogen-bond donors (Lipinski definition) is 0. The average molecular weight is 200 g/mol. The molecule has 80 valence electrons. The molecule has 2 aliphatic heterocycles. The Kier molecular flexibility index (Phi) is 3.92. The van der Waals surface area contributed by atoms with Crippen LogP contribution in [0.2, 0.25) is 0 Å². The predicted octanol–water partition coefficient (Wildman–Crippen LogP) is 1.14. The van der Waals surface area contributed by atoms with Crippen LogP contribution in [0.5, 0.6) is 0 Å². The Balaban J connectivity index is 0.000000140. The zero-order valence-electron chi connectivity index (χ0n) is 8.62. The van der Waals surface area contributed by atoms with Crippen molar-refractivity contribution in [3.05, 3.63) is 0 Å². The highest BCUT2D eigenvalue weighted by Crippen LogP contribution is 2.11. The Morgan fingerprint density at radius 3 is 2.07 bits per heavy atom. The summed E-state index contributed by atoms with van der Waals surface area (Å²) in [5, 5.41) is 0. The summed E-state index contributed by atoms with van der Waals surface area (Å²) in [5.74, 6) is 0.514. The minimum absolute atomic E-state index is 0.0417. The van der Waals surface area contributed by atoms with Crippen molar-refractivity contribution < 1.29 is 19.1 Å². The van der Waals surface area contributed by atoms with Gasteiger partial charge in [-0.3, -0.25) is 9.59 Å². The molecule has 4 nitrogen and oxygen atoms in total. The molecule has 0 aromatic heterocycles. The molecule has 2 aliphatic rings. The molecule has 14 heavy (non-hydrogen) atoms. The van der Waals surface area contributed by atoms with Crippen LogP contribution >= 0.6 is 0 Å². The van der Waals surface area contributed by atoms with E-state index in [4.69, 9.17) is 0 Å². The lowest BCUT2D eigenvalue weighted by molar-refractivity contribution is -0.141. The van der Waals surface area contributed by atoms with Crippen molar-refractivity contribution in [2.75, 3.05) is 13.2 Å². The fraction of sp³-hybridized carbons (Fsp3) is 0.800. The summed E-state index contributed by atoms with van der Waals surface area (Å²) in [6.45, 7) is 5.14. The van der Waals surface area contributed by atoms with Crippen molar-refractivity contribution >= 4 is 11.9 Å². The molecule has 2 atom stereocenters. The largest absolute Gasteiger partial charge is 0.465 e. The molecule has 0 saturated carbocycles. The zero-order chi connectivity index (χ0) is 10.6. The second-order valence-electron chi connectivity index (χ2n) is 3.85. The fourth-order valence-electron chi connectivity index (χ4n) is 1.23. The van der Waals surface area contributed by atoms with Gasteiger partial charge in [-0.25, -0.2) is 0 Å². The van der Waals surface area contributed by atoms with Gasteiger partial charge in [0.15, 0.2) is 0 Å². The van der Waals surface area contributed by atoms with Crippen LogP contribution in [-0.4, -0.2) is 25.2 Å². The van der Waals surface area contributed by atoms with Crippen LogP contribution in [0, 0.1) is 11.8 Å². The quantitative estimate of drug-likeness (QED) is 0.550. The molecule has 0 aromatic rings. The fourth-order valence-corrected chi connectivity index (χ4v) is 1.23. The minimum Gasteiger partial charge on any atom is -0.465 e. The first kappa shape index (κ1) is 11.0. The second kappa shape index (κ2) is 4.98. The van der Waals surface area contributed by atoms with Crippen molar-refractivity contribution in [3.63, 3.8) is 0 Å². The second-order valence-corrected chi connectivity index (χ2v) is 3.85. The number of hydrogen-bond acceptors (Lipinski definition) is 4. The Hall–Kier alpha value is -1.06. The van der Waals surface area contributed by atoms with Crippen LogP contribution in [0.25, 0.3) is 0 Å². The summed E-state index contributed by atoms with van der Waals surface area (Å²) in [6, 6.07) is 0. The van der Waals surface area contributed by atoms with Crippen LogP contribution < -0.4 is 0 Å². The number of ether oxygens (including phenoxy) is 2. The predicted molar refractivity (Wildman–Crippen MR) is 49.5 cm³/mol. The van der Waals surface area contributed by atoms with Crippen LogP contribution in [0.3, 0.4) is 0 Å². The summed E-state index contributed by atoms with van der Waals surface area (Å²) in [6.07, 6.45) is 1.51. The maximum Gasteiger partial charge on any atom is 0.308 e. The van der Waals surface area contributed by atoms with Gasteiger partial charge in [0.1, 0.15) is 0 Å². The van der Waals surface area contributed by atoms with Gasteiger partial charge >= 0.3 is 11.9 Å². The lowest BCUT2D eigenvalue weighted by Crippen LogP contribution is -2.00. The Morgan fingerprint density at radius 1 is 1.21 bits per heavy atom. The molecule has 2 heterocycles. The molecule has 2 unspecified atom stereocenters. The molecule has 4 heteroatoms. The van der Waals surface area contributed by atoms with Crippen molar-refractivity contribution in [1.82, 2.24) is 0 Å². The summed E-state index contributed by atoms with van der Waals surface area (Å²) in [5.41, 5.74) is 0. The average Bonchev–Trinajstić information content (AvgIpc) is 2.65. The molecule has 0 aromatic carbocycles. The lowest BCUT2D eigenvalue weighted by Gasteiger charge is -1.88. The van der Waals surface area contributed by atoms with E-state index >= 15 is 0 Å². The highest BCUT2D eigenvalue weighted by Gasteiger charge is 2.20. The van der Waals surface area contributed by atoms with Crippen LogP contribution in [0.15, 0.2) is 0 Å². The van der Waals surface area contributed by atoms with Gasteiger partial charge in [-0.05, 0) is 6.42 Å². The number of carbonyl (C=O) groups is 2. The van der Waals surface area contributed by atoms with Gasteiger partial charge in [-0.15, -0.1) is 0 Å². The lowest BCUT2D eigenvalue weighted by atomic mass is 10.2. The van der Waals surface area contributed by atoms with E-state index < -0.39 is 0 Å². The van der Waals surface area contributed by atoms with Crippen molar-refractivity contribution in [2.45, 2.75) is 26.7 Å². The number of rotatable bonds is 0. The molecule has 0 aliphatic carbocycles. The first-order chi connectivity index (χ1) is 6.59. The highest BCUT2D eigenvalue weighted by atomic mass is 16.5. The normalized spacial score (nSPS) is 30.4. The first-order valence-electron chi connectivity index (χ1n) is 4.92. The zero-order valence-corrected chi connectivity index (χ0v) is 8.62. The Morgan fingerprint density at radius 2 is 1.93 bits per heavy atom. The third-order valence-electron chi connectivity index (χ3n) is 2.24. The van der Waals surface area contributed by atoms with Gasteiger partial charge in [0, 0.05) is 5.92 Å². The first-order valence-corrected chi connectivity index (χ1v) is 4.92. The van der Waals surface area contributed by atoms with Gasteiger partial charge in [-0.2, -0.15) is 0 Å². The van der Waals surface area contributed by atoms with E-state index in [1.54, 1.807) is 0 Å². The van der Waals surface area contributed by atoms with Crippen LogP contribution in [-0.2, 0) is 19.1 Å². The SMILES string of the molecule is CC1CCOC1=O.CC1COC(=O)C1. The summed E-state index contributed by atoms with van der Waals surface area (Å²) in [7, 11) is 0. The molecule has 0 spiro atoms. The summed E-state index contributed by atoms with van der Waals surface area (Å²) < 4.78 is 9.25. The third-order valence-corrected chi connectivity index (χ3v) is 2.24. The van der Waals surface area contributed by atoms with Gasteiger partial charge in [0.2, 0.25) is 0 Å². The number of cyclic esters (lactones) is 2. The Labute approximate surface area is 83.6 Å². The van der Waals surface area contributed by atoms with Gasteiger partial charge < -0.3 is 9.47 Å². The maximum absolute atomic E-state index is 10.4. The summed E-state index contributed by atoms with van der Waals surface area (Å²) in [4.78, 5) is 20.6. The molecule has 2 saturated heterocycles. The van der Waals surface area contributed by atoms with E-state index in [-0.39, 0.29) is 17.9 Å². The molecular formula is C10H16O4. The van der Waals surface area contributed by atoms with E-state index in [0.29, 0.717) is 25.6 Å². The minimum atomic E-state index is -0.0486. The van der Waals surface area contributed by atoms with Crippen molar-refractivity contribution in [2.24, 2.45) is 11.8 Å². The smallest absolute Gasteiger partial charge is 0.308 e. The van der Waals surface area contributed by atoms with Crippen LogP contribution in [0.1, 0.15) is 26.7 Å². The van der Waals surface area contributed by atoms with Crippen molar-refractivity contribution in [3.8, 4) is 0 Å². The summed E-state index contributed by atoms with van der Waals surface area (Å²) >= 11 is 0. The number of esters is 2. The third kappa shape index (κ3) is 3.36. The van der Waals surface area contributed by atoms with Gasteiger partial charge in [-0.1, -0.05) is 13.8 Å². The Bertz CT molecular complexity index is 224. The maximum atomic E-state index is 10.4. The standard InChI is InChI=1S/2C5H8O2/c1-4-2-5(6)7-3-4;1-4-2-3-7-5(4)6/h2*4H,2-3H2,1H3. The topological polar surface area (TPSA) is 52.6 Å². The molecular weight excluding hydrogens is 184 g/mol. The van der Waals surface area contributed by atoms with E-state index in [9.17, 15) is 9.59 Å². The van der Waals surface area contributed by atoms with E-state index in [2.05, 4.69) is 9.47 Å². The molecule has 0 radical (unpaired) electrons.